The minimum absolute atomic E-state index is 0.0541. The first-order valence-corrected chi connectivity index (χ1v) is 9.00. The van der Waals surface area contributed by atoms with Crippen molar-refractivity contribution in [1.82, 2.24) is 5.32 Å². The minimum atomic E-state index is -0.372. The van der Waals surface area contributed by atoms with Crippen molar-refractivity contribution >= 4 is 27.8 Å². The molecule has 0 aliphatic rings. The highest BCUT2D eigenvalue weighted by atomic mass is 79.9. The zero-order chi connectivity index (χ0) is 18.2. The molecule has 4 nitrogen and oxygen atoms in total. The largest absolute Gasteiger partial charge is 0.456 e. The second kappa shape index (κ2) is 9.37. The Bertz CT molecular complexity index is 701. The Kier molecular flexibility index (Phi) is 7.19. The average molecular weight is 404 g/mol. The molecule has 2 aromatic carbocycles. The topological polar surface area (TPSA) is 55.4 Å². The molecule has 2 aromatic rings. The molecule has 0 heterocycles. The summed E-state index contributed by atoms with van der Waals surface area (Å²) in [6.07, 6.45) is 0.250. The number of hydrogen-bond donors (Lipinski definition) is 1. The van der Waals surface area contributed by atoms with Crippen molar-refractivity contribution in [2.24, 2.45) is 0 Å². The van der Waals surface area contributed by atoms with Crippen molar-refractivity contribution in [1.29, 1.82) is 0 Å². The van der Waals surface area contributed by atoms with Crippen molar-refractivity contribution in [3.05, 3.63) is 70.2 Å². The monoisotopic (exact) mass is 403 g/mol. The number of halogens is 1. The van der Waals surface area contributed by atoms with E-state index >= 15 is 0 Å². The fourth-order valence-electron chi connectivity index (χ4n) is 2.47. The van der Waals surface area contributed by atoms with Crippen molar-refractivity contribution in [3.63, 3.8) is 0 Å². The van der Waals surface area contributed by atoms with Gasteiger partial charge in [0, 0.05) is 4.47 Å². The van der Waals surface area contributed by atoms with Crippen molar-refractivity contribution in [3.8, 4) is 0 Å². The van der Waals surface area contributed by atoms with Gasteiger partial charge in [0.25, 0.3) is 5.91 Å². The lowest BCUT2D eigenvalue weighted by Crippen LogP contribution is -2.31. The lowest BCUT2D eigenvalue weighted by atomic mass is 9.98. The zero-order valence-electron chi connectivity index (χ0n) is 14.4. The highest BCUT2D eigenvalue weighted by Gasteiger charge is 2.15. The van der Waals surface area contributed by atoms with E-state index in [4.69, 9.17) is 4.74 Å². The second-order valence-corrected chi connectivity index (χ2v) is 6.93. The summed E-state index contributed by atoms with van der Waals surface area (Å²) in [4.78, 5) is 23.9. The van der Waals surface area contributed by atoms with Gasteiger partial charge < -0.3 is 10.1 Å². The molecule has 0 aliphatic carbocycles. The van der Waals surface area contributed by atoms with Gasteiger partial charge in [-0.1, -0.05) is 65.3 Å². The fourth-order valence-corrected chi connectivity index (χ4v) is 2.74. The Morgan fingerprint density at radius 1 is 1.00 bits per heavy atom. The van der Waals surface area contributed by atoms with Crippen LogP contribution in [0.1, 0.15) is 43.4 Å². The Hall–Kier alpha value is -2.14. The van der Waals surface area contributed by atoms with Crippen LogP contribution >= 0.6 is 15.9 Å². The van der Waals surface area contributed by atoms with Crippen LogP contribution in [-0.2, 0) is 14.3 Å². The third-order valence-corrected chi connectivity index (χ3v) is 4.48. The summed E-state index contributed by atoms with van der Waals surface area (Å²) in [5.41, 5.74) is 2.06. The minimum Gasteiger partial charge on any atom is -0.456 e. The van der Waals surface area contributed by atoms with Gasteiger partial charge in [-0.2, -0.15) is 0 Å². The molecule has 0 bridgehead atoms. The lowest BCUT2D eigenvalue weighted by molar-refractivity contribution is -0.149. The van der Waals surface area contributed by atoms with E-state index in [1.165, 1.54) is 0 Å². The number of rotatable bonds is 7. The van der Waals surface area contributed by atoms with E-state index in [9.17, 15) is 9.59 Å². The van der Waals surface area contributed by atoms with E-state index in [1.807, 2.05) is 68.4 Å². The van der Waals surface area contributed by atoms with Crippen molar-refractivity contribution in [2.75, 3.05) is 6.61 Å². The number of ether oxygens (including phenoxy) is 1. The molecule has 0 aliphatic heterocycles. The van der Waals surface area contributed by atoms with E-state index in [2.05, 4.69) is 21.2 Å². The van der Waals surface area contributed by atoms with Crippen LogP contribution in [0, 0.1) is 0 Å². The number of benzene rings is 2. The van der Waals surface area contributed by atoms with Gasteiger partial charge in [-0.25, -0.2) is 0 Å². The molecule has 1 amide bonds. The number of nitrogens with one attached hydrogen (secondary N) is 1. The fraction of sp³-hybridized carbons (Fsp3) is 0.300. The number of hydrogen-bond acceptors (Lipinski definition) is 3. The maximum absolute atomic E-state index is 12.0. The Morgan fingerprint density at radius 2 is 1.64 bits per heavy atom. The predicted molar refractivity (Wildman–Crippen MR) is 101 cm³/mol. The number of amides is 1. The van der Waals surface area contributed by atoms with Crippen LogP contribution in [0.15, 0.2) is 59.1 Å². The molecule has 25 heavy (non-hydrogen) atoms. The van der Waals surface area contributed by atoms with Gasteiger partial charge in [0.05, 0.1) is 12.5 Å². The first kappa shape index (κ1) is 19.2. The third kappa shape index (κ3) is 6.35. The van der Waals surface area contributed by atoms with E-state index < -0.39 is 0 Å². The SMILES string of the molecule is C[C@H](CC(=O)OCC(=O)N[C@@H](C)c1ccc(Br)cc1)c1ccccc1. The molecule has 132 valence electrons. The molecule has 0 aromatic heterocycles. The van der Waals surface area contributed by atoms with Crippen molar-refractivity contribution in [2.45, 2.75) is 32.2 Å². The summed E-state index contributed by atoms with van der Waals surface area (Å²) in [5, 5.41) is 2.82. The first-order valence-electron chi connectivity index (χ1n) is 8.21. The summed E-state index contributed by atoms with van der Waals surface area (Å²) in [6.45, 7) is 3.59. The molecule has 1 N–H and O–H groups in total. The van der Waals surface area contributed by atoms with E-state index in [0.717, 1.165) is 15.6 Å². The van der Waals surface area contributed by atoms with Crippen LogP contribution in [0.4, 0.5) is 0 Å². The normalized spacial score (nSPS) is 12.9. The maximum Gasteiger partial charge on any atom is 0.306 e. The molecular formula is C20H22BrNO3. The van der Waals surface area contributed by atoms with Crippen LogP contribution in [0.3, 0.4) is 0 Å². The molecule has 5 heteroatoms. The lowest BCUT2D eigenvalue weighted by Gasteiger charge is -2.15. The van der Waals surface area contributed by atoms with Gasteiger partial charge >= 0.3 is 5.97 Å². The van der Waals surface area contributed by atoms with Crippen LogP contribution in [-0.4, -0.2) is 18.5 Å². The second-order valence-electron chi connectivity index (χ2n) is 6.02. The maximum atomic E-state index is 12.0. The van der Waals surface area contributed by atoms with Gasteiger partial charge in [0.15, 0.2) is 6.61 Å². The standard InChI is InChI=1S/C20H22BrNO3/c1-14(16-6-4-3-5-7-16)12-20(24)25-13-19(23)22-15(2)17-8-10-18(21)11-9-17/h3-11,14-15H,12-13H2,1-2H3,(H,22,23)/t14-,15+/m1/s1. The number of carbonyl (C=O) groups is 2. The smallest absolute Gasteiger partial charge is 0.306 e. The van der Waals surface area contributed by atoms with Crippen LogP contribution < -0.4 is 5.32 Å². The molecule has 0 fully saturated rings. The molecule has 2 atom stereocenters. The van der Waals surface area contributed by atoms with Gasteiger partial charge in [-0.3, -0.25) is 9.59 Å². The molecule has 0 saturated carbocycles. The Balaban J connectivity index is 1.75. The quantitative estimate of drug-likeness (QED) is 0.698. The van der Waals surface area contributed by atoms with Crippen molar-refractivity contribution < 1.29 is 14.3 Å². The Labute approximate surface area is 156 Å². The van der Waals surface area contributed by atoms with Gasteiger partial charge in [-0.05, 0) is 36.1 Å². The zero-order valence-corrected chi connectivity index (χ0v) is 16.0. The van der Waals surface area contributed by atoms with E-state index in [1.54, 1.807) is 0 Å². The van der Waals surface area contributed by atoms with Gasteiger partial charge in [0.2, 0.25) is 0 Å². The molecule has 0 saturated heterocycles. The summed E-state index contributed by atoms with van der Waals surface area (Å²) in [5.74, 6) is -0.627. The highest BCUT2D eigenvalue weighted by molar-refractivity contribution is 9.10. The number of esters is 1. The van der Waals surface area contributed by atoms with Crippen LogP contribution in [0.25, 0.3) is 0 Å². The van der Waals surface area contributed by atoms with E-state index in [-0.39, 0.29) is 36.9 Å². The Morgan fingerprint density at radius 3 is 2.28 bits per heavy atom. The molecular weight excluding hydrogens is 382 g/mol. The average Bonchev–Trinajstić information content (AvgIpc) is 2.61. The predicted octanol–water partition coefficient (Wildman–Crippen LogP) is 4.36. The van der Waals surface area contributed by atoms with Crippen LogP contribution in [0.5, 0.6) is 0 Å². The first-order chi connectivity index (χ1) is 12.0. The third-order valence-electron chi connectivity index (χ3n) is 3.95. The van der Waals surface area contributed by atoms with Gasteiger partial charge in [0.1, 0.15) is 0 Å². The highest BCUT2D eigenvalue weighted by Crippen LogP contribution is 2.19. The summed E-state index contributed by atoms with van der Waals surface area (Å²) >= 11 is 3.38. The molecule has 0 unspecified atom stereocenters. The van der Waals surface area contributed by atoms with Gasteiger partial charge in [-0.15, -0.1) is 0 Å². The van der Waals surface area contributed by atoms with Crippen LogP contribution in [0.2, 0.25) is 0 Å². The molecule has 2 rings (SSSR count). The number of carbonyl (C=O) groups excluding carboxylic acids is 2. The summed E-state index contributed by atoms with van der Waals surface area (Å²) < 4.78 is 6.08. The summed E-state index contributed by atoms with van der Waals surface area (Å²) in [7, 11) is 0. The van der Waals surface area contributed by atoms with E-state index in [0.29, 0.717) is 0 Å². The molecule has 0 radical (unpaired) electrons. The summed E-state index contributed by atoms with van der Waals surface area (Å²) in [6, 6.07) is 17.3. The molecule has 0 spiro atoms.